The van der Waals surface area contributed by atoms with Gasteiger partial charge in [0.05, 0.1) is 17.2 Å². The smallest absolute Gasteiger partial charge is 0.410 e. The van der Waals surface area contributed by atoms with Crippen molar-refractivity contribution in [2.24, 2.45) is 5.41 Å². The predicted octanol–water partition coefficient (Wildman–Crippen LogP) is 8.16. The molecule has 2 fully saturated rings. The van der Waals surface area contributed by atoms with Gasteiger partial charge in [-0.1, -0.05) is 50.9 Å². The fraction of sp³-hybridized carbons (Fsp3) is 0.645. The summed E-state index contributed by atoms with van der Waals surface area (Å²) in [5.74, 6) is -2.07. The van der Waals surface area contributed by atoms with Gasteiger partial charge in [0.1, 0.15) is 10.8 Å². The molecule has 6 rings (SSSR count). The van der Waals surface area contributed by atoms with Gasteiger partial charge < -0.3 is 19.0 Å². The quantitative estimate of drug-likeness (QED) is 0.281. The molecule has 4 aliphatic rings. The van der Waals surface area contributed by atoms with E-state index in [1.54, 1.807) is 0 Å². The second kappa shape index (κ2) is 9.50. The van der Waals surface area contributed by atoms with Crippen molar-refractivity contribution in [3.63, 3.8) is 0 Å². The van der Waals surface area contributed by atoms with Crippen LogP contribution in [-0.2, 0) is 37.9 Å². The van der Waals surface area contributed by atoms with Crippen molar-refractivity contribution >= 4 is 19.9 Å². The summed E-state index contributed by atoms with van der Waals surface area (Å²) in [6.07, 6.45) is 1.29. The molecule has 2 atom stereocenters. The summed E-state index contributed by atoms with van der Waals surface area (Å²) in [7, 11) is -2.24. The van der Waals surface area contributed by atoms with Crippen LogP contribution < -0.4 is 0 Å². The minimum absolute atomic E-state index is 0.0196. The van der Waals surface area contributed by atoms with Crippen LogP contribution in [-0.4, -0.2) is 31.6 Å². The SMILES string of the molecule is CC(C)(C)[Si](C)(C)OC1CC2(CCC2)Cc2nc(Cl)c3c(c21)C1(CCOCC1)OC3(O)c1ccc(C(F)(F)F)cc1. The highest BCUT2D eigenvalue weighted by Crippen LogP contribution is 2.62. The van der Waals surface area contributed by atoms with E-state index in [2.05, 4.69) is 33.9 Å². The number of rotatable bonds is 3. The van der Waals surface area contributed by atoms with Crippen molar-refractivity contribution < 1.29 is 32.2 Å². The Bertz CT molecular complexity index is 1350. The molecule has 0 bridgehead atoms. The number of aliphatic hydroxyl groups is 1. The standard InChI is InChI=1S/C31H39ClF3NO4Si/c1-27(2,3)41(4,5)39-22-18-28(11-6-12-28)17-21-23(22)24-25(26(32)36-21)30(37,40-29(24)13-15-38-16-14-29)19-7-9-20(10-8-19)31(33,34)35/h7-10,22,37H,6,11-18H2,1-5H3. The zero-order valence-corrected chi connectivity index (χ0v) is 26.1. The number of benzene rings is 1. The minimum Gasteiger partial charge on any atom is -0.410 e. The Morgan fingerprint density at radius 3 is 2.20 bits per heavy atom. The molecule has 1 aromatic carbocycles. The molecule has 1 saturated heterocycles. The minimum atomic E-state index is -4.50. The van der Waals surface area contributed by atoms with E-state index < -0.39 is 31.4 Å². The Balaban J connectivity index is 1.57. The van der Waals surface area contributed by atoms with Gasteiger partial charge in [-0.15, -0.1) is 0 Å². The molecule has 224 valence electrons. The summed E-state index contributed by atoms with van der Waals surface area (Å²) in [6.45, 7) is 12.0. The highest BCUT2D eigenvalue weighted by molar-refractivity contribution is 6.74. The van der Waals surface area contributed by atoms with E-state index in [1.807, 2.05) is 0 Å². The molecule has 3 heterocycles. The topological polar surface area (TPSA) is 60.8 Å². The van der Waals surface area contributed by atoms with Crippen molar-refractivity contribution in [1.82, 2.24) is 4.98 Å². The van der Waals surface area contributed by atoms with Crippen molar-refractivity contribution in [2.75, 3.05) is 13.2 Å². The zero-order chi connectivity index (χ0) is 29.6. The third kappa shape index (κ3) is 4.70. The zero-order valence-electron chi connectivity index (χ0n) is 24.4. The van der Waals surface area contributed by atoms with E-state index in [4.69, 9.17) is 30.5 Å². The largest absolute Gasteiger partial charge is 0.416 e. The van der Waals surface area contributed by atoms with Gasteiger partial charge in [0.2, 0.25) is 5.79 Å². The van der Waals surface area contributed by atoms with E-state index in [-0.39, 0.29) is 27.3 Å². The van der Waals surface area contributed by atoms with E-state index in [9.17, 15) is 18.3 Å². The Kier molecular flexibility index (Phi) is 6.85. The lowest BCUT2D eigenvalue weighted by molar-refractivity contribution is -0.251. The number of alkyl halides is 3. The average molecular weight is 610 g/mol. The first-order chi connectivity index (χ1) is 19.0. The van der Waals surface area contributed by atoms with Gasteiger partial charge in [-0.3, -0.25) is 0 Å². The summed E-state index contributed by atoms with van der Waals surface area (Å²) in [4.78, 5) is 4.91. The highest BCUT2D eigenvalue weighted by Gasteiger charge is 2.60. The monoisotopic (exact) mass is 609 g/mol. The third-order valence-electron chi connectivity index (χ3n) is 10.5. The number of fused-ring (bicyclic) bond motifs is 4. The number of ether oxygens (including phenoxy) is 2. The summed E-state index contributed by atoms with van der Waals surface area (Å²) in [5.41, 5.74) is 1.56. The van der Waals surface area contributed by atoms with Gasteiger partial charge in [-0.2, -0.15) is 13.2 Å². The predicted molar refractivity (Wildman–Crippen MR) is 152 cm³/mol. The Morgan fingerprint density at radius 1 is 1.02 bits per heavy atom. The van der Waals surface area contributed by atoms with Crippen LogP contribution in [0.1, 0.15) is 98.9 Å². The highest BCUT2D eigenvalue weighted by atomic mass is 35.5. The van der Waals surface area contributed by atoms with Crippen molar-refractivity contribution in [1.29, 1.82) is 0 Å². The van der Waals surface area contributed by atoms with Gasteiger partial charge in [0.25, 0.3) is 0 Å². The van der Waals surface area contributed by atoms with Crippen LogP contribution >= 0.6 is 11.6 Å². The average Bonchev–Trinajstić information content (AvgIpc) is 3.11. The summed E-state index contributed by atoms with van der Waals surface area (Å²) >= 11 is 6.96. The lowest BCUT2D eigenvalue weighted by Crippen LogP contribution is -2.46. The van der Waals surface area contributed by atoms with E-state index >= 15 is 0 Å². The second-order valence-electron chi connectivity index (χ2n) is 14.0. The van der Waals surface area contributed by atoms with Gasteiger partial charge in [0.15, 0.2) is 8.32 Å². The molecule has 41 heavy (non-hydrogen) atoms. The molecule has 2 unspecified atom stereocenters. The lowest BCUT2D eigenvalue weighted by Gasteiger charge is -2.51. The number of halogens is 4. The normalized spacial score (nSPS) is 27.0. The van der Waals surface area contributed by atoms with Crippen LogP contribution in [0.15, 0.2) is 24.3 Å². The maximum Gasteiger partial charge on any atom is 0.416 e. The molecular weight excluding hydrogens is 571 g/mol. The van der Waals surface area contributed by atoms with Gasteiger partial charge in [-0.05, 0) is 61.4 Å². The van der Waals surface area contributed by atoms with Crippen molar-refractivity contribution in [2.45, 2.75) is 108 Å². The molecule has 5 nitrogen and oxygen atoms in total. The first kappa shape index (κ1) is 29.6. The molecule has 2 aromatic rings. The van der Waals surface area contributed by atoms with Crippen LogP contribution in [0.3, 0.4) is 0 Å². The molecule has 0 amide bonds. The summed E-state index contributed by atoms with van der Waals surface area (Å²) in [5, 5.41) is 12.4. The van der Waals surface area contributed by atoms with Gasteiger partial charge in [-0.25, -0.2) is 4.98 Å². The molecule has 1 N–H and O–H groups in total. The molecule has 2 aliphatic heterocycles. The number of nitrogens with zero attached hydrogens (tertiary/aromatic N) is 1. The van der Waals surface area contributed by atoms with Crippen LogP contribution in [0.25, 0.3) is 0 Å². The molecule has 1 aromatic heterocycles. The third-order valence-corrected chi connectivity index (χ3v) is 15.2. The Labute approximate surface area is 245 Å². The van der Waals surface area contributed by atoms with Gasteiger partial charge >= 0.3 is 6.18 Å². The Morgan fingerprint density at radius 2 is 1.66 bits per heavy atom. The lowest BCUT2D eigenvalue weighted by atomic mass is 9.59. The molecule has 2 spiro atoms. The first-order valence-corrected chi connectivity index (χ1v) is 17.9. The Hall–Kier alpha value is -1.49. The van der Waals surface area contributed by atoms with Gasteiger partial charge in [0, 0.05) is 48.4 Å². The fourth-order valence-electron chi connectivity index (χ4n) is 7.02. The fourth-order valence-corrected chi connectivity index (χ4v) is 8.61. The number of hydrogen-bond donors (Lipinski definition) is 1. The molecule has 2 aliphatic carbocycles. The number of aromatic nitrogens is 1. The molecular formula is C31H39ClF3NO4Si. The number of pyridine rings is 1. The maximum absolute atomic E-state index is 13.4. The maximum atomic E-state index is 13.4. The summed E-state index contributed by atoms with van der Waals surface area (Å²) in [6, 6.07) is 4.48. The van der Waals surface area contributed by atoms with E-state index in [0.29, 0.717) is 31.6 Å². The van der Waals surface area contributed by atoms with Crippen LogP contribution in [0, 0.1) is 5.41 Å². The van der Waals surface area contributed by atoms with E-state index in [1.165, 1.54) is 18.6 Å². The second-order valence-corrected chi connectivity index (χ2v) is 19.2. The van der Waals surface area contributed by atoms with E-state index in [0.717, 1.165) is 54.6 Å². The first-order valence-electron chi connectivity index (χ1n) is 14.6. The van der Waals surface area contributed by atoms with Crippen molar-refractivity contribution in [3.8, 4) is 0 Å². The number of hydrogen-bond acceptors (Lipinski definition) is 5. The van der Waals surface area contributed by atoms with Crippen molar-refractivity contribution in [3.05, 3.63) is 62.9 Å². The molecule has 10 heteroatoms. The molecule has 1 saturated carbocycles. The van der Waals surface area contributed by atoms with Crippen LogP contribution in [0.4, 0.5) is 13.2 Å². The van der Waals surface area contributed by atoms with Crippen LogP contribution in [0.5, 0.6) is 0 Å². The summed E-state index contributed by atoms with van der Waals surface area (Å²) < 4.78 is 59.7. The molecule has 0 radical (unpaired) electrons. The van der Waals surface area contributed by atoms with Crippen LogP contribution in [0.2, 0.25) is 23.3 Å².